The Bertz CT molecular complexity index is 1020. The van der Waals surface area contributed by atoms with Crippen LogP contribution in [0, 0.1) is 13.8 Å². The molecule has 0 spiro atoms. The van der Waals surface area contributed by atoms with E-state index in [2.05, 4.69) is 24.3 Å². The van der Waals surface area contributed by atoms with E-state index in [4.69, 9.17) is 10.7 Å². The minimum Gasteiger partial charge on any atom is -0.370 e. The standard InChI is InChI=1S/C20H23N3O2S/c1-4-16-22-19-18(20(25)23(16)11-5-6-15(21)24)17(13(3)26-19)14-9-7-12(2)8-10-14/h7-10H,4-6,11H2,1-3H3,(H2,21,24). The molecule has 3 aromatic rings. The molecule has 3 rings (SSSR count). The topological polar surface area (TPSA) is 78.0 Å². The van der Waals surface area contributed by atoms with Crippen LogP contribution in [0.25, 0.3) is 21.3 Å². The van der Waals surface area contributed by atoms with E-state index in [1.54, 1.807) is 15.9 Å². The monoisotopic (exact) mass is 369 g/mol. The van der Waals surface area contributed by atoms with Crippen molar-refractivity contribution in [2.45, 2.75) is 46.6 Å². The molecule has 0 aliphatic rings. The van der Waals surface area contributed by atoms with Gasteiger partial charge in [0.15, 0.2) is 0 Å². The third-order valence-electron chi connectivity index (χ3n) is 4.53. The van der Waals surface area contributed by atoms with Crippen molar-refractivity contribution >= 4 is 27.5 Å². The Morgan fingerprint density at radius 3 is 2.54 bits per heavy atom. The maximum Gasteiger partial charge on any atom is 0.262 e. The lowest BCUT2D eigenvalue weighted by atomic mass is 10.0. The average molecular weight is 369 g/mol. The van der Waals surface area contributed by atoms with Gasteiger partial charge in [-0.15, -0.1) is 11.3 Å². The summed E-state index contributed by atoms with van der Waals surface area (Å²) < 4.78 is 1.70. The number of nitrogens with two attached hydrogens (primary N) is 1. The molecule has 0 atom stereocenters. The average Bonchev–Trinajstić information content (AvgIpc) is 2.93. The molecule has 0 aliphatic carbocycles. The third-order valence-corrected chi connectivity index (χ3v) is 5.53. The molecular weight excluding hydrogens is 346 g/mol. The van der Waals surface area contributed by atoms with Crippen LogP contribution in [0.1, 0.15) is 36.0 Å². The number of carbonyl (C=O) groups is 1. The Balaban J connectivity index is 2.18. The lowest BCUT2D eigenvalue weighted by Gasteiger charge is -2.11. The Hall–Kier alpha value is -2.47. The van der Waals surface area contributed by atoms with E-state index in [1.807, 2.05) is 20.8 Å². The summed E-state index contributed by atoms with van der Waals surface area (Å²) >= 11 is 1.56. The molecule has 0 bridgehead atoms. The number of amides is 1. The maximum atomic E-state index is 13.3. The predicted molar refractivity (Wildman–Crippen MR) is 107 cm³/mol. The number of fused-ring (bicyclic) bond motifs is 1. The second-order valence-corrected chi connectivity index (χ2v) is 7.69. The lowest BCUT2D eigenvalue weighted by Crippen LogP contribution is -2.25. The van der Waals surface area contributed by atoms with Crippen LogP contribution in [0.15, 0.2) is 29.1 Å². The lowest BCUT2D eigenvalue weighted by molar-refractivity contribution is -0.118. The number of primary amides is 1. The van der Waals surface area contributed by atoms with Crippen molar-refractivity contribution in [3.05, 3.63) is 50.9 Å². The minimum atomic E-state index is -0.350. The summed E-state index contributed by atoms with van der Waals surface area (Å²) in [6.45, 7) is 6.52. The van der Waals surface area contributed by atoms with Gasteiger partial charge in [-0.1, -0.05) is 36.8 Å². The summed E-state index contributed by atoms with van der Waals surface area (Å²) in [5.74, 6) is 0.403. The molecule has 0 fully saturated rings. The summed E-state index contributed by atoms with van der Waals surface area (Å²) in [7, 11) is 0. The first-order valence-corrected chi connectivity index (χ1v) is 9.62. The molecule has 136 valence electrons. The number of hydrogen-bond acceptors (Lipinski definition) is 4. The van der Waals surface area contributed by atoms with Crippen molar-refractivity contribution in [2.24, 2.45) is 5.73 Å². The maximum absolute atomic E-state index is 13.3. The van der Waals surface area contributed by atoms with Crippen molar-refractivity contribution in [3.63, 3.8) is 0 Å². The van der Waals surface area contributed by atoms with Gasteiger partial charge in [0.25, 0.3) is 5.56 Å². The molecule has 0 aliphatic heterocycles. The molecule has 0 radical (unpaired) electrons. The van der Waals surface area contributed by atoms with Crippen LogP contribution in [0.5, 0.6) is 0 Å². The van der Waals surface area contributed by atoms with E-state index in [-0.39, 0.29) is 17.9 Å². The van der Waals surface area contributed by atoms with Crippen LogP contribution < -0.4 is 11.3 Å². The van der Waals surface area contributed by atoms with Gasteiger partial charge in [-0.3, -0.25) is 14.2 Å². The van der Waals surface area contributed by atoms with E-state index < -0.39 is 0 Å². The first-order chi connectivity index (χ1) is 12.4. The molecule has 0 saturated heterocycles. The Kier molecular flexibility index (Phi) is 5.23. The van der Waals surface area contributed by atoms with Crippen molar-refractivity contribution in [1.29, 1.82) is 0 Å². The highest BCUT2D eigenvalue weighted by Crippen LogP contribution is 2.35. The minimum absolute atomic E-state index is 0.0313. The fraction of sp³-hybridized carbons (Fsp3) is 0.350. The van der Waals surface area contributed by atoms with Crippen molar-refractivity contribution in [2.75, 3.05) is 0 Å². The predicted octanol–water partition coefficient (Wildman–Crippen LogP) is 3.57. The van der Waals surface area contributed by atoms with Gasteiger partial charge in [-0.25, -0.2) is 4.98 Å². The van der Waals surface area contributed by atoms with Gasteiger partial charge in [-0.2, -0.15) is 0 Å². The first-order valence-electron chi connectivity index (χ1n) is 8.80. The second-order valence-electron chi connectivity index (χ2n) is 6.49. The quantitative estimate of drug-likeness (QED) is 0.721. The number of aryl methyl sites for hydroxylation is 3. The highest BCUT2D eigenvalue weighted by molar-refractivity contribution is 7.19. The molecule has 2 aromatic heterocycles. The van der Waals surface area contributed by atoms with Crippen LogP contribution >= 0.6 is 11.3 Å². The van der Waals surface area contributed by atoms with E-state index in [9.17, 15) is 9.59 Å². The summed E-state index contributed by atoms with van der Waals surface area (Å²) in [5, 5.41) is 0.674. The molecule has 5 nitrogen and oxygen atoms in total. The Morgan fingerprint density at radius 2 is 1.92 bits per heavy atom. The van der Waals surface area contributed by atoms with Gasteiger partial charge >= 0.3 is 0 Å². The van der Waals surface area contributed by atoms with Gasteiger partial charge in [0.05, 0.1) is 5.39 Å². The first kappa shape index (κ1) is 18.3. The number of rotatable bonds is 6. The number of thiophene rings is 1. The SMILES string of the molecule is CCc1nc2sc(C)c(-c3ccc(C)cc3)c2c(=O)n1CCCC(N)=O. The molecule has 26 heavy (non-hydrogen) atoms. The van der Waals surface area contributed by atoms with Crippen molar-refractivity contribution in [1.82, 2.24) is 9.55 Å². The fourth-order valence-electron chi connectivity index (χ4n) is 3.22. The van der Waals surface area contributed by atoms with Crippen molar-refractivity contribution in [3.8, 4) is 11.1 Å². The number of aromatic nitrogens is 2. The van der Waals surface area contributed by atoms with Crippen LogP contribution in [0.2, 0.25) is 0 Å². The largest absolute Gasteiger partial charge is 0.370 e. The molecule has 1 amide bonds. The van der Waals surface area contributed by atoms with Crippen LogP contribution in [0.4, 0.5) is 0 Å². The molecule has 6 heteroatoms. The van der Waals surface area contributed by atoms with E-state index in [1.165, 1.54) is 5.56 Å². The number of benzene rings is 1. The summed E-state index contributed by atoms with van der Waals surface area (Å²) in [4.78, 5) is 30.9. The number of carbonyl (C=O) groups excluding carboxylic acids is 1. The van der Waals surface area contributed by atoms with Gasteiger partial charge in [0.2, 0.25) is 5.91 Å². The zero-order valence-electron chi connectivity index (χ0n) is 15.3. The van der Waals surface area contributed by atoms with Crippen molar-refractivity contribution < 1.29 is 4.79 Å². The Morgan fingerprint density at radius 1 is 1.23 bits per heavy atom. The Labute approximate surface area is 156 Å². The second kappa shape index (κ2) is 7.41. The van der Waals surface area contributed by atoms with E-state index >= 15 is 0 Å². The van der Waals surface area contributed by atoms with Gasteiger partial charge < -0.3 is 5.73 Å². The van der Waals surface area contributed by atoms with Gasteiger partial charge in [0, 0.05) is 29.8 Å². The molecule has 2 heterocycles. The highest BCUT2D eigenvalue weighted by Gasteiger charge is 2.19. The zero-order chi connectivity index (χ0) is 18.8. The van der Waals surface area contributed by atoms with E-state index in [0.717, 1.165) is 26.7 Å². The van der Waals surface area contributed by atoms with Gasteiger partial charge in [-0.05, 0) is 25.8 Å². The normalized spacial score (nSPS) is 11.2. The fourth-order valence-corrected chi connectivity index (χ4v) is 4.27. The summed E-state index contributed by atoms with van der Waals surface area (Å²) in [6, 6.07) is 8.21. The molecule has 1 aromatic carbocycles. The van der Waals surface area contributed by atoms with Crippen LogP contribution in [-0.2, 0) is 17.8 Å². The smallest absolute Gasteiger partial charge is 0.262 e. The number of hydrogen-bond donors (Lipinski definition) is 1. The van der Waals surface area contributed by atoms with Crippen LogP contribution in [-0.4, -0.2) is 15.5 Å². The highest BCUT2D eigenvalue weighted by atomic mass is 32.1. The summed E-state index contributed by atoms with van der Waals surface area (Å²) in [6.07, 6.45) is 1.47. The van der Waals surface area contributed by atoms with E-state index in [0.29, 0.717) is 24.8 Å². The number of nitrogens with zero attached hydrogens (tertiary/aromatic N) is 2. The zero-order valence-corrected chi connectivity index (χ0v) is 16.2. The van der Waals surface area contributed by atoms with Crippen LogP contribution in [0.3, 0.4) is 0 Å². The molecular formula is C20H23N3O2S. The molecule has 0 saturated carbocycles. The third kappa shape index (κ3) is 3.42. The van der Waals surface area contributed by atoms with Gasteiger partial charge in [0.1, 0.15) is 10.7 Å². The molecule has 2 N–H and O–H groups in total. The molecule has 0 unspecified atom stereocenters. The summed E-state index contributed by atoms with van der Waals surface area (Å²) in [5.41, 5.74) is 8.38.